The maximum atomic E-state index is 13.3. The van der Waals surface area contributed by atoms with Crippen LogP contribution in [0.15, 0.2) is 18.2 Å². The molecule has 2 fully saturated rings. The molecule has 1 aliphatic heterocycles. The summed E-state index contributed by atoms with van der Waals surface area (Å²) >= 11 is 0. The van der Waals surface area contributed by atoms with Crippen molar-refractivity contribution in [1.29, 1.82) is 0 Å². The van der Waals surface area contributed by atoms with Gasteiger partial charge in [-0.3, -0.25) is 4.90 Å². The molecule has 3 rings (SSSR count). The molecule has 5 heteroatoms. The molecule has 2 aliphatic rings. The van der Waals surface area contributed by atoms with Gasteiger partial charge < -0.3 is 10.0 Å². The molecule has 2 atom stereocenters. The first-order chi connectivity index (χ1) is 10.1. The van der Waals surface area contributed by atoms with Gasteiger partial charge in [-0.05, 0) is 54.4 Å². The van der Waals surface area contributed by atoms with Crippen molar-refractivity contribution < 1.29 is 14.4 Å². The molecular weight excluding hydrogens is 268 g/mol. The van der Waals surface area contributed by atoms with Crippen molar-refractivity contribution in [3.05, 3.63) is 29.6 Å². The van der Waals surface area contributed by atoms with Crippen LogP contribution in [0.2, 0.25) is 0 Å². The number of likely N-dealkylation sites (tertiary alicyclic amines) is 1. The van der Waals surface area contributed by atoms with E-state index in [2.05, 4.69) is 4.90 Å². The summed E-state index contributed by atoms with van der Waals surface area (Å²) in [6, 6.07) is 4.30. The fourth-order valence-corrected chi connectivity index (χ4v) is 4.01. The van der Waals surface area contributed by atoms with Crippen LogP contribution in [-0.4, -0.2) is 35.2 Å². The molecule has 1 aromatic carbocycles. The van der Waals surface area contributed by atoms with Gasteiger partial charge in [0.1, 0.15) is 5.82 Å². The quantitative estimate of drug-likeness (QED) is 0.830. The van der Waals surface area contributed by atoms with Gasteiger partial charge in [0.25, 0.3) is 0 Å². The number of benzene rings is 1. The second kappa shape index (κ2) is 6.47. The van der Waals surface area contributed by atoms with Gasteiger partial charge in [0.05, 0.1) is 0 Å². The summed E-state index contributed by atoms with van der Waals surface area (Å²) in [6.07, 6.45) is 6.64. The lowest BCUT2D eigenvalue weighted by atomic mass is 9.74. The van der Waals surface area contributed by atoms with Crippen molar-refractivity contribution >= 4 is 12.6 Å². The molecule has 1 saturated heterocycles. The summed E-state index contributed by atoms with van der Waals surface area (Å²) in [5.74, 6) is 1.24. The molecule has 3 nitrogen and oxygen atoms in total. The summed E-state index contributed by atoms with van der Waals surface area (Å²) in [6.45, 7) is 2.82. The molecule has 2 unspecified atom stereocenters. The molecule has 0 aromatic heterocycles. The van der Waals surface area contributed by atoms with E-state index in [0.29, 0.717) is 12.0 Å². The van der Waals surface area contributed by atoms with E-state index in [1.807, 2.05) is 0 Å². The molecule has 0 radical (unpaired) electrons. The van der Waals surface area contributed by atoms with Gasteiger partial charge >= 0.3 is 7.12 Å². The van der Waals surface area contributed by atoms with E-state index >= 15 is 0 Å². The van der Waals surface area contributed by atoms with Crippen LogP contribution in [0.3, 0.4) is 0 Å². The van der Waals surface area contributed by atoms with Gasteiger partial charge in [-0.2, -0.15) is 0 Å². The van der Waals surface area contributed by atoms with Gasteiger partial charge in [0, 0.05) is 13.1 Å². The normalized spacial score (nSPS) is 26.4. The molecule has 1 heterocycles. The molecule has 1 saturated carbocycles. The standard InChI is InChI=1S/C16H23BFNO2/c18-15-6-5-14(16(9-15)17(20)21)11-19-8-7-12-3-1-2-4-13(12)10-19/h5-6,9,12-13,20-21H,1-4,7-8,10-11H2. The zero-order valence-electron chi connectivity index (χ0n) is 12.3. The van der Waals surface area contributed by atoms with Crippen molar-refractivity contribution in [2.45, 2.75) is 38.6 Å². The number of piperidine rings is 1. The third-order valence-electron chi connectivity index (χ3n) is 5.16. The highest BCUT2D eigenvalue weighted by Crippen LogP contribution is 2.36. The van der Waals surface area contributed by atoms with Crippen LogP contribution in [-0.2, 0) is 6.54 Å². The van der Waals surface area contributed by atoms with E-state index in [-0.39, 0.29) is 0 Å². The number of fused-ring (bicyclic) bond motifs is 1. The van der Waals surface area contributed by atoms with Gasteiger partial charge in [-0.1, -0.05) is 25.3 Å². The Hall–Kier alpha value is -0.905. The minimum absolute atomic E-state index is 0.292. The van der Waals surface area contributed by atoms with Crippen molar-refractivity contribution in [2.24, 2.45) is 11.8 Å². The lowest BCUT2D eigenvalue weighted by Crippen LogP contribution is -2.43. The highest BCUT2D eigenvalue weighted by molar-refractivity contribution is 6.59. The van der Waals surface area contributed by atoms with Crippen molar-refractivity contribution in [1.82, 2.24) is 4.90 Å². The Bertz CT molecular complexity index is 497. The van der Waals surface area contributed by atoms with E-state index in [0.717, 1.165) is 30.5 Å². The SMILES string of the molecule is OB(O)c1cc(F)ccc1CN1CCC2CCCCC2C1. The second-order valence-electron chi connectivity index (χ2n) is 6.55. The third-order valence-corrected chi connectivity index (χ3v) is 5.16. The van der Waals surface area contributed by atoms with Crippen LogP contribution < -0.4 is 5.46 Å². The minimum Gasteiger partial charge on any atom is -0.423 e. The van der Waals surface area contributed by atoms with Crippen molar-refractivity contribution in [2.75, 3.05) is 13.1 Å². The third kappa shape index (κ3) is 3.47. The summed E-state index contributed by atoms with van der Waals surface area (Å²) in [4.78, 5) is 2.38. The van der Waals surface area contributed by atoms with Crippen LogP contribution in [0.1, 0.15) is 37.7 Å². The van der Waals surface area contributed by atoms with E-state index in [9.17, 15) is 14.4 Å². The van der Waals surface area contributed by atoms with Crippen LogP contribution in [0, 0.1) is 17.7 Å². The predicted octanol–water partition coefficient (Wildman–Crippen LogP) is 1.52. The van der Waals surface area contributed by atoms with E-state index in [1.54, 1.807) is 6.07 Å². The number of hydrogen-bond donors (Lipinski definition) is 2. The van der Waals surface area contributed by atoms with Crippen molar-refractivity contribution in [3.8, 4) is 0 Å². The molecule has 0 amide bonds. The Morgan fingerprint density at radius 3 is 2.67 bits per heavy atom. The Balaban J connectivity index is 1.69. The molecule has 21 heavy (non-hydrogen) atoms. The zero-order valence-corrected chi connectivity index (χ0v) is 12.3. The van der Waals surface area contributed by atoms with Crippen LogP contribution >= 0.6 is 0 Å². The van der Waals surface area contributed by atoms with Crippen LogP contribution in [0.5, 0.6) is 0 Å². The molecule has 0 spiro atoms. The average Bonchev–Trinajstić information content (AvgIpc) is 2.49. The number of rotatable bonds is 3. The van der Waals surface area contributed by atoms with Crippen LogP contribution in [0.25, 0.3) is 0 Å². The number of nitrogens with zero attached hydrogens (tertiary/aromatic N) is 1. The van der Waals surface area contributed by atoms with Crippen molar-refractivity contribution in [3.63, 3.8) is 0 Å². The predicted molar refractivity (Wildman–Crippen MR) is 81.6 cm³/mol. The van der Waals surface area contributed by atoms with Gasteiger partial charge in [-0.15, -0.1) is 0 Å². The monoisotopic (exact) mass is 291 g/mol. The van der Waals surface area contributed by atoms with E-state index in [1.165, 1.54) is 44.2 Å². The highest BCUT2D eigenvalue weighted by Gasteiger charge is 2.31. The maximum Gasteiger partial charge on any atom is 0.488 e. The second-order valence-corrected chi connectivity index (χ2v) is 6.55. The summed E-state index contributed by atoms with van der Waals surface area (Å²) in [5.41, 5.74) is 1.11. The molecule has 1 aromatic rings. The van der Waals surface area contributed by atoms with Gasteiger partial charge in [0.15, 0.2) is 0 Å². The molecule has 114 valence electrons. The molecule has 1 aliphatic carbocycles. The first-order valence-corrected chi connectivity index (χ1v) is 8.00. The Morgan fingerprint density at radius 2 is 1.90 bits per heavy atom. The lowest BCUT2D eigenvalue weighted by molar-refractivity contribution is 0.0822. The first-order valence-electron chi connectivity index (χ1n) is 8.00. The maximum absolute atomic E-state index is 13.3. The van der Waals surface area contributed by atoms with Crippen LogP contribution in [0.4, 0.5) is 4.39 Å². The van der Waals surface area contributed by atoms with E-state index < -0.39 is 12.9 Å². The Morgan fingerprint density at radius 1 is 1.14 bits per heavy atom. The van der Waals surface area contributed by atoms with Gasteiger partial charge in [-0.25, -0.2) is 4.39 Å². The smallest absolute Gasteiger partial charge is 0.423 e. The summed E-state index contributed by atoms with van der Waals surface area (Å²) in [7, 11) is -1.61. The van der Waals surface area contributed by atoms with Gasteiger partial charge in [0.2, 0.25) is 0 Å². The largest absolute Gasteiger partial charge is 0.488 e. The zero-order chi connectivity index (χ0) is 14.8. The summed E-state index contributed by atoms with van der Waals surface area (Å²) < 4.78 is 13.3. The Labute approximate surface area is 125 Å². The fraction of sp³-hybridized carbons (Fsp3) is 0.625. The average molecular weight is 291 g/mol. The highest BCUT2D eigenvalue weighted by atomic mass is 19.1. The Kier molecular flexibility index (Phi) is 4.62. The lowest BCUT2D eigenvalue weighted by Gasteiger charge is -2.41. The molecule has 2 N–H and O–H groups in total. The minimum atomic E-state index is -1.61. The fourth-order valence-electron chi connectivity index (χ4n) is 4.01. The molecular formula is C16H23BFNO2. The first kappa shape index (κ1) is 15.0. The summed E-state index contributed by atoms with van der Waals surface area (Å²) in [5, 5.41) is 18.8. The van der Waals surface area contributed by atoms with E-state index in [4.69, 9.17) is 0 Å². The molecule has 0 bridgehead atoms. The number of hydrogen-bond acceptors (Lipinski definition) is 3. The topological polar surface area (TPSA) is 43.7 Å². The number of halogens is 1.